The van der Waals surface area contributed by atoms with Crippen molar-refractivity contribution in [3.63, 3.8) is 0 Å². The molecular formula is C13H25N3O2S. The van der Waals surface area contributed by atoms with E-state index < -0.39 is 0 Å². The van der Waals surface area contributed by atoms with E-state index in [-0.39, 0.29) is 17.9 Å². The third-order valence-electron chi connectivity index (χ3n) is 3.32. The van der Waals surface area contributed by atoms with Gasteiger partial charge in [0.2, 0.25) is 5.91 Å². The van der Waals surface area contributed by atoms with Crippen molar-refractivity contribution >= 4 is 23.1 Å². The summed E-state index contributed by atoms with van der Waals surface area (Å²) in [7, 11) is 1.66. The monoisotopic (exact) mass is 287 g/mol. The Morgan fingerprint density at radius 1 is 1.53 bits per heavy atom. The first-order chi connectivity index (χ1) is 9.01. The van der Waals surface area contributed by atoms with Crippen molar-refractivity contribution in [2.24, 2.45) is 11.7 Å². The Kier molecular flexibility index (Phi) is 7.27. The molecule has 6 heteroatoms. The number of rotatable bonds is 7. The molecule has 0 saturated carbocycles. The molecule has 110 valence electrons. The maximum atomic E-state index is 11.8. The number of carbonyl (C=O) groups is 1. The molecule has 0 radical (unpaired) electrons. The zero-order valence-electron chi connectivity index (χ0n) is 11.9. The number of piperidine rings is 1. The van der Waals surface area contributed by atoms with Gasteiger partial charge in [0.1, 0.15) is 0 Å². The average Bonchev–Trinajstić information content (AvgIpc) is 2.31. The molecule has 1 aliphatic rings. The number of hydrogen-bond donors (Lipinski definition) is 2. The van der Waals surface area contributed by atoms with Crippen LogP contribution in [-0.2, 0) is 9.53 Å². The predicted octanol–water partition coefficient (Wildman–Crippen LogP) is 0.526. The number of hydrogen-bond acceptors (Lipinski definition) is 4. The molecule has 1 atom stereocenters. The van der Waals surface area contributed by atoms with Gasteiger partial charge in [0, 0.05) is 45.8 Å². The smallest absolute Gasteiger partial charge is 0.220 e. The number of methoxy groups -OCH3 is 1. The zero-order chi connectivity index (χ0) is 14.3. The van der Waals surface area contributed by atoms with Crippen LogP contribution in [0.25, 0.3) is 0 Å². The molecule has 1 aliphatic heterocycles. The molecule has 0 aliphatic carbocycles. The Bertz CT molecular complexity index is 304. The van der Waals surface area contributed by atoms with Crippen LogP contribution in [0.15, 0.2) is 0 Å². The zero-order valence-corrected chi connectivity index (χ0v) is 12.7. The van der Waals surface area contributed by atoms with Gasteiger partial charge in [-0.05, 0) is 18.8 Å². The van der Waals surface area contributed by atoms with Gasteiger partial charge in [-0.25, -0.2) is 0 Å². The molecule has 1 heterocycles. The minimum absolute atomic E-state index is 0.123. The SMILES string of the molecule is COCC(C)CC(=O)NC1CCN(CC(N)=S)CC1. The number of nitrogens with zero attached hydrogens (tertiary/aromatic N) is 1. The standard InChI is InChI=1S/C13H25N3O2S/c1-10(9-18-2)7-13(17)15-11-3-5-16(6-4-11)8-12(14)19/h10-11H,3-9H2,1-2H3,(H2,14,19)(H,15,17). The Morgan fingerprint density at radius 2 is 2.16 bits per heavy atom. The lowest BCUT2D eigenvalue weighted by atomic mass is 10.0. The molecule has 5 nitrogen and oxygen atoms in total. The highest BCUT2D eigenvalue weighted by atomic mass is 32.1. The van der Waals surface area contributed by atoms with E-state index in [9.17, 15) is 4.79 Å². The second kappa shape index (κ2) is 8.45. The molecule has 0 aromatic carbocycles. The number of ether oxygens (including phenoxy) is 1. The van der Waals surface area contributed by atoms with Crippen LogP contribution in [0.1, 0.15) is 26.2 Å². The normalized spacial score (nSPS) is 19.1. The lowest BCUT2D eigenvalue weighted by Gasteiger charge is -2.32. The van der Waals surface area contributed by atoms with Crippen LogP contribution < -0.4 is 11.1 Å². The Hall–Kier alpha value is -0.720. The van der Waals surface area contributed by atoms with E-state index in [2.05, 4.69) is 10.2 Å². The third-order valence-corrected chi connectivity index (χ3v) is 3.45. The molecule has 0 bridgehead atoms. The Labute approximate surface area is 120 Å². The molecule has 1 fully saturated rings. The summed E-state index contributed by atoms with van der Waals surface area (Å²) in [6.07, 6.45) is 2.46. The molecule has 3 N–H and O–H groups in total. The van der Waals surface area contributed by atoms with Gasteiger partial charge in [0.25, 0.3) is 0 Å². The van der Waals surface area contributed by atoms with Gasteiger partial charge in [0.15, 0.2) is 0 Å². The van der Waals surface area contributed by atoms with Crippen molar-refractivity contribution in [2.45, 2.75) is 32.2 Å². The fourth-order valence-corrected chi connectivity index (χ4v) is 2.58. The van der Waals surface area contributed by atoms with Crippen LogP contribution in [0.4, 0.5) is 0 Å². The fourth-order valence-electron chi connectivity index (χ4n) is 2.40. The van der Waals surface area contributed by atoms with Crippen LogP contribution in [0.5, 0.6) is 0 Å². The van der Waals surface area contributed by atoms with E-state index in [1.807, 2.05) is 6.92 Å². The lowest BCUT2D eigenvalue weighted by molar-refractivity contribution is -0.123. The molecule has 1 saturated heterocycles. The molecule has 0 spiro atoms. The average molecular weight is 287 g/mol. The minimum Gasteiger partial charge on any atom is -0.392 e. The van der Waals surface area contributed by atoms with E-state index in [0.29, 0.717) is 24.6 Å². The van der Waals surface area contributed by atoms with E-state index in [1.165, 1.54) is 0 Å². The highest BCUT2D eigenvalue weighted by Crippen LogP contribution is 2.11. The molecule has 0 aromatic heterocycles. The van der Waals surface area contributed by atoms with Gasteiger partial charge < -0.3 is 15.8 Å². The Morgan fingerprint density at radius 3 is 2.68 bits per heavy atom. The van der Waals surface area contributed by atoms with Crippen molar-refractivity contribution in [2.75, 3.05) is 33.4 Å². The number of carbonyl (C=O) groups excluding carboxylic acids is 1. The summed E-state index contributed by atoms with van der Waals surface area (Å²) in [5.41, 5.74) is 5.53. The van der Waals surface area contributed by atoms with E-state index in [4.69, 9.17) is 22.7 Å². The van der Waals surface area contributed by atoms with E-state index in [0.717, 1.165) is 25.9 Å². The molecule has 1 rings (SSSR count). The second-order valence-corrected chi connectivity index (χ2v) is 5.87. The quantitative estimate of drug-likeness (QED) is 0.669. The minimum atomic E-state index is 0.123. The van der Waals surface area contributed by atoms with Gasteiger partial charge in [-0.1, -0.05) is 19.1 Å². The van der Waals surface area contributed by atoms with Crippen molar-refractivity contribution in [1.82, 2.24) is 10.2 Å². The Balaban J connectivity index is 2.21. The topological polar surface area (TPSA) is 67.6 Å². The van der Waals surface area contributed by atoms with Crippen molar-refractivity contribution in [1.29, 1.82) is 0 Å². The summed E-state index contributed by atoms with van der Waals surface area (Å²) in [5, 5.41) is 3.10. The maximum absolute atomic E-state index is 11.8. The van der Waals surface area contributed by atoms with Gasteiger partial charge in [-0.15, -0.1) is 0 Å². The summed E-state index contributed by atoms with van der Waals surface area (Å²) >= 11 is 4.90. The molecule has 1 unspecified atom stereocenters. The molecule has 19 heavy (non-hydrogen) atoms. The van der Waals surface area contributed by atoms with Gasteiger partial charge in [0.05, 0.1) is 4.99 Å². The van der Waals surface area contributed by atoms with Crippen LogP contribution in [-0.4, -0.2) is 55.2 Å². The van der Waals surface area contributed by atoms with Crippen molar-refractivity contribution in [3.05, 3.63) is 0 Å². The summed E-state index contributed by atoms with van der Waals surface area (Å²) in [4.78, 5) is 14.6. The van der Waals surface area contributed by atoms with Gasteiger partial charge in [-0.2, -0.15) is 0 Å². The predicted molar refractivity (Wildman–Crippen MR) is 80.0 cm³/mol. The summed E-state index contributed by atoms with van der Waals surface area (Å²) in [5.74, 6) is 0.386. The summed E-state index contributed by atoms with van der Waals surface area (Å²) < 4.78 is 5.03. The summed E-state index contributed by atoms with van der Waals surface area (Å²) in [6, 6.07) is 0.282. The first-order valence-corrected chi connectivity index (χ1v) is 7.21. The number of amides is 1. The highest BCUT2D eigenvalue weighted by Gasteiger charge is 2.21. The third kappa shape index (κ3) is 6.84. The van der Waals surface area contributed by atoms with Crippen LogP contribution in [0.3, 0.4) is 0 Å². The molecule has 0 aromatic rings. The van der Waals surface area contributed by atoms with Gasteiger partial charge >= 0.3 is 0 Å². The molecular weight excluding hydrogens is 262 g/mol. The number of nitrogens with two attached hydrogens (primary N) is 1. The summed E-state index contributed by atoms with van der Waals surface area (Å²) in [6.45, 7) is 5.21. The largest absolute Gasteiger partial charge is 0.392 e. The second-order valence-electron chi connectivity index (χ2n) is 5.35. The lowest BCUT2D eigenvalue weighted by Crippen LogP contribution is -2.46. The van der Waals surface area contributed by atoms with Crippen LogP contribution >= 0.6 is 12.2 Å². The van der Waals surface area contributed by atoms with Gasteiger partial charge in [-0.3, -0.25) is 9.69 Å². The molecule has 1 amide bonds. The highest BCUT2D eigenvalue weighted by molar-refractivity contribution is 7.80. The fraction of sp³-hybridized carbons (Fsp3) is 0.846. The maximum Gasteiger partial charge on any atom is 0.220 e. The number of thiocarbonyl (C=S) groups is 1. The first kappa shape index (κ1) is 16.3. The van der Waals surface area contributed by atoms with Crippen LogP contribution in [0.2, 0.25) is 0 Å². The van der Waals surface area contributed by atoms with Crippen LogP contribution in [0, 0.1) is 5.92 Å². The first-order valence-electron chi connectivity index (χ1n) is 6.80. The van der Waals surface area contributed by atoms with E-state index >= 15 is 0 Å². The van der Waals surface area contributed by atoms with E-state index in [1.54, 1.807) is 7.11 Å². The number of nitrogens with one attached hydrogen (secondary N) is 1. The van der Waals surface area contributed by atoms with Crippen molar-refractivity contribution in [3.8, 4) is 0 Å². The number of likely N-dealkylation sites (tertiary alicyclic amines) is 1. The van der Waals surface area contributed by atoms with Crippen molar-refractivity contribution < 1.29 is 9.53 Å².